The number of benzene rings is 2. The van der Waals surface area contributed by atoms with Gasteiger partial charge in [0.1, 0.15) is 5.82 Å². The molecule has 2 aliphatic heterocycles. The van der Waals surface area contributed by atoms with Gasteiger partial charge in [-0.05, 0) is 49.7 Å². The van der Waals surface area contributed by atoms with Crippen molar-refractivity contribution in [2.24, 2.45) is 0 Å². The summed E-state index contributed by atoms with van der Waals surface area (Å²) in [6.45, 7) is 0.810. The first-order valence-corrected chi connectivity index (χ1v) is 10.1. The molecule has 2 aromatic carbocycles. The molecular weight excluding hydrogens is 414 g/mol. The molecule has 2 aromatic rings. The third-order valence-corrected chi connectivity index (χ3v) is 5.68. The fraction of sp³-hybridized carbons (Fsp3) is 0.364. The summed E-state index contributed by atoms with van der Waals surface area (Å²) in [5, 5.41) is 8.95. The van der Waals surface area contributed by atoms with Crippen molar-refractivity contribution in [2.45, 2.75) is 43.9 Å². The first kappa shape index (κ1) is 21.3. The van der Waals surface area contributed by atoms with E-state index in [4.69, 9.17) is 0 Å². The van der Waals surface area contributed by atoms with Gasteiger partial charge in [0.15, 0.2) is 0 Å². The zero-order valence-electron chi connectivity index (χ0n) is 16.5. The molecule has 5 nitrogen and oxygen atoms in total. The molecule has 1 fully saturated rings. The fourth-order valence-corrected chi connectivity index (χ4v) is 4.22. The highest BCUT2D eigenvalue weighted by molar-refractivity contribution is 6.07. The highest BCUT2D eigenvalue weighted by Crippen LogP contribution is 2.36. The molecule has 0 aromatic heterocycles. The molecule has 0 saturated carbocycles. The number of carbonyl (C=O) groups excluding carboxylic acids is 2. The van der Waals surface area contributed by atoms with E-state index in [1.165, 1.54) is 0 Å². The molecular formula is C22H21F4N3O2. The van der Waals surface area contributed by atoms with Crippen molar-refractivity contribution in [3.63, 3.8) is 0 Å². The normalized spacial score (nSPS) is 21.2. The molecule has 2 atom stereocenters. The van der Waals surface area contributed by atoms with Gasteiger partial charge in [0.05, 0.1) is 11.6 Å². The maximum absolute atomic E-state index is 13.7. The van der Waals surface area contributed by atoms with E-state index < -0.39 is 29.0 Å². The van der Waals surface area contributed by atoms with Gasteiger partial charge >= 0.3 is 6.18 Å². The molecule has 0 unspecified atom stereocenters. The Kier molecular flexibility index (Phi) is 5.70. The number of halogens is 4. The zero-order valence-corrected chi connectivity index (χ0v) is 16.5. The van der Waals surface area contributed by atoms with Gasteiger partial charge in [0.2, 0.25) is 0 Å². The van der Waals surface area contributed by atoms with Crippen molar-refractivity contribution in [3.8, 4) is 0 Å². The van der Waals surface area contributed by atoms with Gasteiger partial charge in [-0.15, -0.1) is 0 Å². The van der Waals surface area contributed by atoms with Crippen molar-refractivity contribution in [1.82, 2.24) is 10.6 Å². The van der Waals surface area contributed by atoms with Crippen LogP contribution in [0, 0.1) is 5.82 Å². The van der Waals surface area contributed by atoms with Crippen LogP contribution in [0.5, 0.6) is 0 Å². The van der Waals surface area contributed by atoms with Gasteiger partial charge < -0.3 is 16.0 Å². The van der Waals surface area contributed by atoms with Crippen molar-refractivity contribution in [1.29, 1.82) is 0 Å². The van der Waals surface area contributed by atoms with Gasteiger partial charge in [-0.2, -0.15) is 13.2 Å². The smallest absolute Gasteiger partial charge is 0.344 e. The Morgan fingerprint density at radius 1 is 1.10 bits per heavy atom. The predicted octanol–water partition coefficient (Wildman–Crippen LogP) is 4.41. The quantitative estimate of drug-likeness (QED) is 0.626. The number of hydrogen-bond acceptors (Lipinski definition) is 3. The van der Waals surface area contributed by atoms with Crippen molar-refractivity contribution in [2.75, 3.05) is 11.9 Å². The number of hydrogen-bond donors (Lipinski definition) is 3. The second-order valence-corrected chi connectivity index (χ2v) is 7.81. The van der Waals surface area contributed by atoms with Crippen LogP contribution >= 0.6 is 0 Å². The molecule has 0 aliphatic carbocycles. The maximum atomic E-state index is 13.7. The lowest BCUT2D eigenvalue weighted by Crippen LogP contribution is -2.40. The number of rotatable bonds is 3. The summed E-state index contributed by atoms with van der Waals surface area (Å²) in [5.41, 5.74) is -0.383. The fourth-order valence-electron chi connectivity index (χ4n) is 4.22. The summed E-state index contributed by atoms with van der Waals surface area (Å²) in [7, 11) is 0. The summed E-state index contributed by atoms with van der Waals surface area (Å²) in [4.78, 5) is 25.2. The standard InChI is InChI=1S/C22H21F4N3O2/c23-14-10-12(9-13(11-14)22(24,25)26)20(30)28-16-7-4-5-15-18(16)19(29-21(15)31)17-6-2-1-3-8-27-17/h4-5,7,9-11,17,19,27H,1-3,6,8H2,(H,28,30)(H,29,31)/t17-,19+/m1/s1. The monoisotopic (exact) mass is 435 g/mol. The third-order valence-electron chi connectivity index (χ3n) is 5.68. The van der Waals surface area contributed by atoms with E-state index in [1.54, 1.807) is 18.2 Å². The lowest BCUT2D eigenvalue weighted by molar-refractivity contribution is -0.137. The maximum Gasteiger partial charge on any atom is 0.416 e. The van der Waals surface area contributed by atoms with E-state index in [1.807, 2.05) is 0 Å². The minimum atomic E-state index is -4.78. The molecule has 164 valence electrons. The molecule has 3 N–H and O–H groups in total. The van der Waals surface area contributed by atoms with E-state index in [2.05, 4.69) is 16.0 Å². The van der Waals surface area contributed by atoms with Crippen LogP contribution in [0.4, 0.5) is 23.2 Å². The molecule has 2 heterocycles. The Bertz CT molecular complexity index is 1010. The third kappa shape index (κ3) is 4.41. The van der Waals surface area contributed by atoms with Gasteiger partial charge in [0, 0.05) is 28.4 Å². The number of nitrogens with one attached hydrogen (secondary N) is 3. The highest BCUT2D eigenvalue weighted by Gasteiger charge is 2.37. The van der Waals surface area contributed by atoms with Gasteiger partial charge in [0.25, 0.3) is 11.8 Å². The van der Waals surface area contributed by atoms with Crippen LogP contribution in [0.3, 0.4) is 0 Å². The van der Waals surface area contributed by atoms with Crippen LogP contribution in [0.2, 0.25) is 0 Å². The Balaban J connectivity index is 1.66. The summed E-state index contributed by atoms with van der Waals surface area (Å²) >= 11 is 0. The Hall–Kier alpha value is -2.94. The van der Waals surface area contributed by atoms with Gasteiger partial charge in [-0.3, -0.25) is 9.59 Å². The Morgan fingerprint density at radius 2 is 1.90 bits per heavy atom. The molecule has 4 rings (SSSR count). The molecule has 0 bridgehead atoms. The van der Waals surface area contributed by atoms with E-state index in [-0.39, 0.29) is 18.0 Å². The average Bonchev–Trinajstić information content (AvgIpc) is 2.89. The topological polar surface area (TPSA) is 70.2 Å². The Labute approximate surface area is 176 Å². The number of fused-ring (bicyclic) bond motifs is 1. The summed E-state index contributed by atoms with van der Waals surface area (Å²) in [6, 6.07) is 6.10. The second-order valence-electron chi connectivity index (χ2n) is 7.81. The van der Waals surface area contributed by atoms with Crippen LogP contribution in [-0.2, 0) is 6.18 Å². The molecule has 1 saturated heterocycles. The van der Waals surface area contributed by atoms with E-state index in [9.17, 15) is 27.2 Å². The number of alkyl halides is 3. The molecule has 9 heteroatoms. The van der Waals surface area contributed by atoms with Crippen LogP contribution < -0.4 is 16.0 Å². The van der Waals surface area contributed by atoms with Crippen LogP contribution in [0.15, 0.2) is 36.4 Å². The van der Waals surface area contributed by atoms with Crippen molar-refractivity contribution >= 4 is 17.5 Å². The lowest BCUT2D eigenvalue weighted by Gasteiger charge is -2.25. The molecule has 31 heavy (non-hydrogen) atoms. The molecule has 0 spiro atoms. The van der Waals surface area contributed by atoms with Crippen molar-refractivity contribution in [3.05, 3.63) is 64.5 Å². The molecule has 0 radical (unpaired) electrons. The molecule has 2 aliphatic rings. The summed E-state index contributed by atoms with van der Waals surface area (Å²) < 4.78 is 52.7. The summed E-state index contributed by atoms with van der Waals surface area (Å²) in [6.07, 6.45) is -0.833. The average molecular weight is 435 g/mol. The van der Waals surface area contributed by atoms with Crippen molar-refractivity contribution < 1.29 is 27.2 Å². The van der Waals surface area contributed by atoms with Gasteiger partial charge in [-0.1, -0.05) is 18.9 Å². The van der Waals surface area contributed by atoms with E-state index in [0.717, 1.165) is 38.3 Å². The predicted molar refractivity (Wildman–Crippen MR) is 106 cm³/mol. The first-order valence-electron chi connectivity index (χ1n) is 10.1. The van der Waals surface area contributed by atoms with Crippen LogP contribution in [0.25, 0.3) is 0 Å². The minimum absolute atomic E-state index is 0.0308. The van der Waals surface area contributed by atoms with E-state index >= 15 is 0 Å². The largest absolute Gasteiger partial charge is 0.416 e. The summed E-state index contributed by atoms with van der Waals surface area (Å²) in [5.74, 6) is -2.31. The Morgan fingerprint density at radius 3 is 2.68 bits per heavy atom. The SMILES string of the molecule is O=C(Nc1cccc2c1[C@H]([C@H]1CCCCCN1)NC2=O)c1cc(F)cc(C(F)(F)F)c1. The zero-order chi connectivity index (χ0) is 22.2. The van der Waals surface area contributed by atoms with Crippen LogP contribution in [-0.4, -0.2) is 24.4 Å². The number of carbonyl (C=O) groups is 2. The van der Waals surface area contributed by atoms with Crippen LogP contribution in [0.1, 0.15) is 63.6 Å². The van der Waals surface area contributed by atoms with Gasteiger partial charge in [-0.25, -0.2) is 4.39 Å². The number of amides is 2. The second kappa shape index (κ2) is 8.30. The van der Waals surface area contributed by atoms with E-state index in [0.29, 0.717) is 28.9 Å². The number of anilines is 1. The highest BCUT2D eigenvalue weighted by atomic mass is 19.4. The lowest BCUT2D eigenvalue weighted by atomic mass is 9.94. The first-order chi connectivity index (χ1) is 14.7. The molecule has 2 amide bonds. The minimum Gasteiger partial charge on any atom is -0.344 e.